The van der Waals surface area contributed by atoms with E-state index in [0.717, 1.165) is 5.56 Å². The number of carbonyl (C=O) groups excluding carboxylic acids is 1. The Morgan fingerprint density at radius 1 is 1.58 bits per heavy atom. The highest BCUT2D eigenvalue weighted by Gasteiger charge is 2.20. The van der Waals surface area contributed by atoms with Crippen molar-refractivity contribution in [2.75, 3.05) is 26.8 Å². The van der Waals surface area contributed by atoms with Gasteiger partial charge in [-0.05, 0) is 19.1 Å². The van der Waals surface area contributed by atoms with Gasteiger partial charge in [-0.25, -0.2) is 0 Å². The van der Waals surface area contributed by atoms with Gasteiger partial charge in [0.05, 0.1) is 0 Å². The molecule has 6 nitrogen and oxygen atoms in total. The van der Waals surface area contributed by atoms with Crippen LogP contribution in [0.1, 0.15) is 12.5 Å². The number of oxime groups is 1. The van der Waals surface area contributed by atoms with Gasteiger partial charge in [-0.2, -0.15) is 0 Å². The van der Waals surface area contributed by atoms with Crippen LogP contribution in [0.3, 0.4) is 0 Å². The molecule has 1 aliphatic heterocycles. The SMILES string of the molecule is CCN(C)C(=O)COc1ccc2c(c1)OC/C2=N\O. The molecule has 1 aromatic rings. The number of carbonyl (C=O) groups is 1. The molecule has 0 aliphatic carbocycles. The number of hydrogen-bond acceptors (Lipinski definition) is 5. The number of nitrogens with zero attached hydrogens (tertiary/aromatic N) is 2. The van der Waals surface area contributed by atoms with E-state index in [1.54, 1.807) is 30.1 Å². The molecule has 0 aromatic heterocycles. The average Bonchev–Trinajstić information content (AvgIpc) is 2.85. The van der Waals surface area contributed by atoms with E-state index >= 15 is 0 Å². The summed E-state index contributed by atoms with van der Waals surface area (Å²) in [7, 11) is 1.72. The first-order chi connectivity index (χ1) is 9.15. The van der Waals surface area contributed by atoms with E-state index in [1.165, 1.54) is 0 Å². The van der Waals surface area contributed by atoms with Crippen LogP contribution in [0.5, 0.6) is 11.5 Å². The van der Waals surface area contributed by atoms with Gasteiger partial charge >= 0.3 is 0 Å². The summed E-state index contributed by atoms with van der Waals surface area (Å²) >= 11 is 0. The lowest BCUT2D eigenvalue weighted by Gasteiger charge is -2.14. The molecule has 0 radical (unpaired) electrons. The number of benzene rings is 1. The molecule has 1 aliphatic rings. The lowest BCUT2D eigenvalue weighted by molar-refractivity contribution is -0.131. The molecule has 6 heteroatoms. The van der Waals surface area contributed by atoms with Crippen molar-refractivity contribution < 1.29 is 19.5 Å². The minimum Gasteiger partial charge on any atom is -0.486 e. The molecule has 0 spiro atoms. The van der Waals surface area contributed by atoms with Crippen molar-refractivity contribution in [3.8, 4) is 11.5 Å². The first kappa shape index (κ1) is 13.2. The average molecular weight is 264 g/mol. The molecule has 2 rings (SSSR count). The number of ether oxygens (including phenoxy) is 2. The van der Waals surface area contributed by atoms with Gasteiger partial charge in [0, 0.05) is 25.2 Å². The highest BCUT2D eigenvalue weighted by atomic mass is 16.5. The van der Waals surface area contributed by atoms with E-state index in [2.05, 4.69) is 5.16 Å². The van der Waals surface area contributed by atoms with Crippen LogP contribution >= 0.6 is 0 Å². The Morgan fingerprint density at radius 2 is 2.37 bits per heavy atom. The van der Waals surface area contributed by atoms with Crippen LogP contribution in [0.25, 0.3) is 0 Å². The summed E-state index contributed by atoms with van der Waals surface area (Å²) in [4.78, 5) is 13.2. The molecule has 0 saturated heterocycles. The molecule has 0 bridgehead atoms. The van der Waals surface area contributed by atoms with E-state index in [1.807, 2.05) is 6.92 Å². The van der Waals surface area contributed by atoms with E-state index in [0.29, 0.717) is 23.8 Å². The fraction of sp³-hybridized carbons (Fsp3) is 0.385. The van der Waals surface area contributed by atoms with Gasteiger partial charge in [0.1, 0.15) is 23.8 Å². The summed E-state index contributed by atoms with van der Waals surface area (Å²) in [5, 5.41) is 11.9. The monoisotopic (exact) mass is 264 g/mol. The number of amides is 1. The molecule has 0 saturated carbocycles. The highest BCUT2D eigenvalue weighted by Crippen LogP contribution is 2.29. The van der Waals surface area contributed by atoms with Gasteiger partial charge < -0.3 is 19.6 Å². The molecular weight excluding hydrogens is 248 g/mol. The lowest BCUT2D eigenvalue weighted by Crippen LogP contribution is -2.31. The second-order valence-corrected chi connectivity index (χ2v) is 4.19. The Kier molecular flexibility index (Phi) is 3.89. The molecule has 1 aromatic carbocycles. The van der Waals surface area contributed by atoms with Gasteiger partial charge in [-0.3, -0.25) is 4.79 Å². The Bertz CT molecular complexity index is 513. The highest BCUT2D eigenvalue weighted by molar-refractivity contribution is 6.06. The molecule has 0 atom stereocenters. The third kappa shape index (κ3) is 2.78. The van der Waals surface area contributed by atoms with Gasteiger partial charge in [0.25, 0.3) is 5.91 Å². The van der Waals surface area contributed by atoms with Crippen LogP contribution in [0.15, 0.2) is 23.4 Å². The largest absolute Gasteiger partial charge is 0.486 e. The smallest absolute Gasteiger partial charge is 0.260 e. The number of rotatable bonds is 4. The molecule has 102 valence electrons. The fourth-order valence-corrected chi connectivity index (χ4v) is 1.69. The van der Waals surface area contributed by atoms with Gasteiger partial charge in [-0.1, -0.05) is 5.16 Å². The minimum absolute atomic E-state index is 0.00985. The van der Waals surface area contributed by atoms with Crippen LogP contribution in [0.4, 0.5) is 0 Å². The molecule has 0 unspecified atom stereocenters. The van der Waals surface area contributed by atoms with Crippen LogP contribution in [-0.4, -0.2) is 48.5 Å². The summed E-state index contributed by atoms with van der Waals surface area (Å²) in [6.07, 6.45) is 0. The quantitative estimate of drug-likeness (QED) is 0.653. The summed E-state index contributed by atoms with van der Waals surface area (Å²) in [6, 6.07) is 5.16. The number of fused-ring (bicyclic) bond motifs is 1. The standard InChI is InChI=1S/C13H16N2O4/c1-3-15(2)13(16)8-18-9-4-5-10-11(14-17)7-19-12(10)6-9/h4-6,17H,3,7-8H2,1-2H3/b14-11+. The van der Waals surface area contributed by atoms with Gasteiger partial charge in [0.2, 0.25) is 0 Å². The molecule has 19 heavy (non-hydrogen) atoms. The van der Waals surface area contributed by atoms with Crippen LogP contribution in [0.2, 0.25) is 0 Å². The molecule has 1 N–H and O–H groups in total. The zero-order chi connectivity index (χ0) is 13.8. The van der Waals surface area contributed by atoms with Crippen LogP contribution in [-0.2, 0) is 4.79 Å². The number of hydrogen-bond donors (Lipinski definition) is 1. The van der Waals surface area contributed by atoms with Crippen molar-refractivity contribution in [2.24, 2.45) is 5.16 Å². The zero-order valence-electron chi connectivity index (χ0n) is 10.9. The Labute approximate surface area is 111 Å². The topological polar surface area (TPSA) is 71.4 Å². The summed E-state index contributed by atoms with van der Waals surface area (Å²) < 4.78 is 10.8. The Hall–Kier alpha value is -2.24. The number of likely N-dealkylation sites (N-methyl/N-ethyl adjacent to an activating group) is 1. The van der Waals surface area contributed by atoms with Crippen molar-refractivity contribution in [3.05, 3.63) is 23.8 Å². The third-order valence-corrected chi connectivity index (χ3v) is 3.01. The molecule has 0 fully saturated rings. The lowest BCUT2D eigenvalue weighted by atomic mass is 10.1. The Morgan fingerprint density at radius 3 is 3.05 bits per heavy atom. The third-order valence-electron chi connectivity index (χ3n) is 3.01. The second-order valence-electron chi connectivity index (χ2n) is 4.19. The Balaban J connectivity index is 2.02. The van der Waals surface area contributed by atoms with Gasteiger partial charge in [0.15, 0.2) is 6.61 Å². The maximum Gasteiger partial charge on any atom is 0.260 e. The zero-order valence-corrected chi connectivity index (χ0v) is 10.9. The predicted octanol–water partition coefficient (Wildman–Crippen LogP) is 1.11. The van der Waals surface area contributed by atoms with Crippen molar-refractivity contribution in [3.63, 3.8) is 0 Å². The predicted molar refractivity (Wildman–Crippen MR) is 69.1 cm³/mol. The minimum atomic E-state index is -0.0819. The first-order valence-electron chi connectivity index (χ1n) is 6.00. The summed E-state index contributed by atoms with van der Waals surface area (Å²) in [6.45, 7) is 2.78. The van der Waals surface area contributed by atoms with E-state index in [9.17, 15) is 4.79 Å². The summed E-state index contributed by atoms with van der Waals surface area (Å²) in [5.74, 6) is 1.07. The first-order valence-corrected chi connectivity index (χ1v) is 6.00. The molecule has 1 amide bonds. The van der Waals surface area contributed by atoms with Crippen molar-refractivity contribution in [2.45, 2.75) is 6.92 Å². The molecular formula is C13H16N2O4. The molecule has 1 heterocycles. The summed E-state index contributed by atoms with van der Waals surface area (Å²) in [5.41, 5.74) is 1.23. The van der Waals surface area contributed by atoms with Crippen LogP contribution in [0, 0.1) is 0 Å². The van der Waals surface area contributed by atoms with Crippen molar-refractivity contribution >= 4 is 11.6 Å². The maximum absolute atomic E-state index is 11.6. The van der Waals surface area contributed by atoms with Gasteiger partial charge in [-0.15, -0.1) is 0 Å². The normalized spacial score (nSPS) is 14.9. The maximum atomic E-state index is 11.6. The fourth-order valence-electron chi connectivity index (χ4n) is 1.69. The second kappa shape index (κ2) is 5.60. The van der Waals surface area contributed by atoms with E-state index in [-0.39, 0.29) is 19.1 Å². The van der Waals surface area contributed by atoms with E-state index < -0.39 is 0 Å². The van der Waals surface area contributed by atoms with Crippen molar-refractivity contribution in [1.29, 1.82) is 0 Å². The van der Waals surface area contributed by atoms with E-state index in [4.69, 9.17) is 14.7 Å². The van der Waals surface area contributed by atoms with Crippen LogP contribution < -0.4 is 9.47 Å². The van der Waals surface area contributed by atoms with Crippen molar-refractivity contribution in [1.82, 2.24) is 4.90 Å².